The van der Waals surface area contributed by atoms with Crippen LogP contribution in [-0.4, -0.2) is 48.6 Å². The second-order valence-electron chi connectivity index (χ2n) is 5.39. The Labute approximate surface area is 92.4 Å². The lowest BCUT2D eigenvalue weighted by atomic mass is 10.1. The molecule has 1 atom stereocenters. The molecule has 0 bridgehead atoms. The summed E-state index contributed by atoms with van der Waals surface area (Å²) < 4.78 is 0. The van der Waals surface area contributed by atoms with Gasteiger partial charge in [0, 0.05) is 24.7 Å². The molecule has 0 aromatic heterocycles. The Kier molecular flexibility index (Phi) is 3.73. The molecule has 88 valence electrons. The summed E-state index contributed by atoms with van der Waals surface area (Å²) in [6.07, 6.45) is 0. The van der Waals surface area contributed by atoms with E-state index in [4.69, 9.17) is 0 Å². The molecular formula is C11H23N3O. The van der Waals surface area contributed by atoms with E-state index in [0.29, 0.717) is 6.04 Å². The Hall–Kier alpha value is -0.610. The van der Waals surface area contributed by atoms with E-state index in [9.17, 15) is 4.79 Å². The number of likely N-dealkylation sites (N-methyl/N-ethyl adjacent to an activating group) is 1. The van der Waals surface area contributed by atoms with Crippen molar-refractivity contribution in [2.75, 3.05) is 20.1 Å². The highest BCUT2D eigenvalue weighted by atomic mass is 16.2. The zero-order chi connectivity index (χ0) is 11.6. The van der Waals surface area contributed by atoms with Gasteiger partial charge in [-0.25, -0.2) is 0 Å². The van der Waals surface area contributed by atoms with Crippen molar-refractivity contribution < 1.29 is 4.79 Å². The molecule has 1 unspecified atom stereocenters. The van der Waals surface area contributed by atoms with Crippen molar-refractivity contribution in [3.8, 4) is 0 Å². The minimum atomic E-state index is -0.149. The second kappa shape index (κ2) is 4.49. The Morgan fingerprint density at radius 1 is 1.47 bits per heavy atom. The third-order valence-electron chi connectivity index (χ3n) is 2.82. The lowest BCUT2D eigenvalue weighted by Crippen LogP contribution is -2.61. The van der Waals surface area contributed by atoms with Crippen LogP contribution in [0.1, 0.15) is 27.7 Å². The predicted octanol–water partition coefficient (Wildman–Crippen LogP) is 0.193. The summed E-state index contributed by atoms with van der Waals surface area (Å²) in [5.74, 6) is 0.108. The van der Waals surface area contributed by atoms with Crippen LogP contribution in [0.5, 0.6) is 0 Å². The van der Waals surface area contributed by atoms with Gasteiger partial charge in [-0.15, -0.1) is 0 Å². The van der Waals surface area contributed by atoms with Crippen LogP contribution < -0.4 is 10.6 Å². The lowest BCUT2D eigenvalue weighted by Gasteiger charge is -2.39. The first-order chi connectivity index (χ1) is 6.81. The molecule has 1 aliphatic rings. The van der Waals surface area contributed by atoms with Crippen molar-refractivity contribution in [3.63, 3.8) is 0 Å². The van der Waals surface area contributed by atoms with Crippen molar-refractivity contribution in [3.05, 3.63) is 0 Å². The summed E-state index contributed by atoms with van der Waals surface area (Å²) >= 11 is 0. The number of amides is 1. The van der Waals surface area contributed by atoms with Gasteiger partial charge in [-0.3, -0.25) is 9.69 Å². The molecule has 0 aromatic carbocycles. The molecule has 0 spiro atoms. The third-order valence-corrected chi connectivity index (χ3v) is 2.82. The molecule has 4 heteroatoms. The fraction of sp³-hybridized carbons (Fsp3) is 0.909. The molecule has 1 saturated heterocycles. The fourth-order valence-corrected chi connectivity index (χ4v) is 1.54. The first kappa shape index (κ1) is 12.5. The van der Waals surface area contributed by atoms with Gasteiger partial charge in [0.05, 0.1) is 6.04 Å². The first-order valence-electron chi connectivity index (χ1n) is 5.56. The predicted molar refractivity (Wildman–Crippen MR) is 61.8 cm³/mol. The van der Waals surface area contributed by atoms with Crippen LogP contribution >= 0.6 is 0 Å². The minimum Gasteiger partial charge on any atom is -0.350 e. The lowest BCUT2D eigenvalue weighted by molar-refractivity contribution is -0.128. The number of rotatable bonds is 3. The Bertz CT molecular complexity index is 230. The largest absolute Gasteiger partial charge is 0.350 e. The van der Waals surface area contributed by atoms with Gasteiger partial charge in [-0.05, 0) is 34.7 Å². The molecular weight excluding hydrogens is 190 g/mol. The van der Waals surface area contributed by atoms with E-state index in [1.54, 1.807) is 0 Å². The van der Waals surface area contributed by atoms with Crippen LogP contribution in [0.4, 0.5) is 0 Å². The standard InChI is InChI=1S/C11H23N3O/c1-8(10(15)13-11(2,3)4)14(5)9-6-12-7-9/h8-9,12H,6-7H2,1-5H3,(H,13,15). The molecule has 1 aliphatic heterocycles. The molecule has 2 N–H and O–H groups in total. The maximum absolute atomic E-state index is 11.9. The number of hydrogen-bond acceptors (Lipinski definition) is 3. The smallest absolute Gasteiger partial charge is 0.237 e. The van der Waals surface area contributed by atoms with E-state index in [1.165, 1.54) is 0 Å². The van der Waals surface area contributed by atoms with Crippen LogP contribution in [0.2, 0.25) is 0 Å². The number of hydrogen-bond donors (Lipinski definition) is 2. The van der Waals surface area contributed by atoms with Gasteiger partial charge in [0.25, 0.3) is 0 Å². The summed E-state index contributed by atoms with van der Waals surface area (Å²) in [5.41, 5.74) is -0.149. The molecule has 1 rings (SSSR count). The van der Waals surface area contributed by atoms with E-state index < -0.39 is 0 Å². The van der Waals surface area contributed by atoms with E-state index >= 15 is 0 Å². The van der Waals surface area contributed by atoms with Gasteiger partial charge in [-0.2, -0.15) is 0 Å². The Balaban J connectivity index is 2.44. The van der Waals surface area contributed by atoms with Crippen molar-refractivity contribution in [1.29, 1.82) is 0 Å². The van der Waals surface area contributed by atoms with E-state index in [0.717, 1.165) is 13.1 Å². The van der Waals surface area contributed by atoms with Crippen LogP contribution in [0.3, 0.4) is 0 Å². The van der Waals surface area contributed by atoms with E-state index in [1.807, 2.05) is 34.7 Å². The highest BCUT2D eigenvalue weighted by molar-refractivity contribution is 5.81. The Morgan fingerprint density at radius 3 is 2.33 bits per heavy atom. The zero-order valence-electron chi connectivity index (χ0n) is 10.4. The fourth-order valence-electron chi connectivity index (χ4n) is 1.54. The topological polar surface area (TPSA) is 44.4 Å². The molecule has 0 aliphatic carbocycles. The monoisotopic (exact) mass is 213 g/mol. The third kappa shape index (κ3) is 3.47. The normalized spacial score (nSPS) is 19.9. The first-order valence-corrected chi connectivity index (χ1v) is 5.56. The second-order valence-corrected chi connectivity index (χ2v) is 5.39. The zero-order valence-corrected chi connectivity index (χ0v) is 10.4. The molecule has 4 nitrogen and oxygen atoms in total. The van der Waals surface area contributed by atoms with Gasteiger partial charge >= 0.3 is 0 Å². The van der Waals surface area contributed by atoms with Crippen LogP contribution in [-0.2, 0) is 4.79 Å². The summed E-state index contributed by atoms with van der Waals surface area (Å²) in [4.78, 5) is 14.0. The average molecular weight is 213 g/mol. The van der Waals surface area contributed by atoms with Crippen LogP contribution in [0, 0.1) is 0 Å². The van der Waals surface area contributed by atoms with Crippen molar-refractivity contribution >= 4 is 5.91 Å². The quantitative estimate of drug-likeness (QED) is 0.703. The number of carbonyl (C=O) groups is 1. The summed E-state index contributed by atoms with van der Waals surface area (Å²) in [5, 5.41) is 6.21. The molecule has 0 radical (unpaired) electrons. The molecule has 1 fully saturated rings. The summed E-state index contributed by atoms with van der Waals surface area (Å²) in [6.45, 7) is 9.94. The molecule has 0 saturated carbocycles. The summed E-state index contributed by atoms with van der Waals surface area (Å²) in [7, 11) is 2.01. The maximum atomic E-state index is 11.9. The highest BCUT2D eigenvalue weighted by Crippen LogP contribution is 2.08. The molecule has 1 heterocycles. The number of nitrogens with zero attached hydrogens (tertiary/aromatic N) is 1. The number of nitrogens with one attached hydrogen (secondary N) is 2. The highest BCUT2D eigenvalue weighted by Gasteiger charge is 2.29. The van der Waals surface area contributed by atoms with Crippen molar-refractivity contribution in [2.24, 2.45) is 0 Å². The Morgan fingerprint density at radius 2 is 2.00 bits per heavy atom. The van der Waals surface area contributed by atoms with E-state index in [2.05, 4.69) is 15.5 Å². The molecule has 0 aromatic rings. The van der Waals surface area contributed by atoms with Gasteiger partial charge < -0.3 is 10.6 Å². The minimum absolute atomic E-state index is 0.0590. The SMILES string of the molecule is CC(C(=O)NC(C)(C)C)N(C)C1CNC1. The van der Waals surface area contributed by atoms with Crippen molar-refractivity contribution in [1.82, 2.24) is 15.5 Å². The van der Waals surface area contributed by atoms with Gasteiger partial charge in [0.15, 0.2) is 0 Å². The summed E-state index contributed by atoms with van der Waals surface area (Å²) in [6, 6.07) is 0.446. The van der Waals surface area contributed by atoms with Crippen molar-refractivity contribution in [2.45, 2.75) is 45.3 Å². The van der Waals surface area contributed by atoms with Crippen LogP contribution in [0.25, 0.3) is 0 Å². The number of carbonyl (C=O) groups excluding carboxylic acids is 1. The van der Waals surface area contributed by atoms with Gasteiger partial charge in [0.1, 0.15) is 0 Å². The van der Waals surface area contributed by atoms with Gasteiger partial charge in [-0.1, -0.05) is 0 Å². The van der Waals surface area contributed by atoms with E-state index in [-0.39, 0.29) is 17.5 Å². The van der Waals surface area contributed by atoms with Crippen LogP contribution in [0.15, 0.2) is 0 Å². The average Bonchev–Trinajstić information content (AvgIpc) is 1.96. The van der Waals surface area contributed by atoms with Gasteiger partial charge in [0.2, 0.25) is 5.91 Å². The maximum Gasteiger partial charge on any atom is 0.237 e. The molecule has 15 heavy (non-hydrogen) atoms. The molecule has 1 amide bonds.